The van der Waals surface area contributed by atoms with Crippen molar-refractivity contribution >= 4 is 17.8 Å². The normalized spacial score (nSPS) is 24.5. The molecule has 84 valence electrons. The largest absolute Gasteiger partial charge is 0.469 e. The molecule has 1 fully saturated rings. The summed E-state index contributed by atoms with van der Waals surface area (Å²) in [5, 5.41) is 11.4. The summed E-state index contributed by atoms with van der Waals surface area (Å²) in [6, 6.07) is -1.10. The van der Waals surface area contributed by atoms with Gasteiger partial charge in [0.15, 0.2) is 6.04 Å². The van der Waals surface area contributed by atoms with Gasteiger partial charge in [-0.3, -0.25) is 9.59 Å². The third-order valence-electron chi connectivity index (χ3n) is 1.88. The standard InChI is InChI=1S/C8H11NO6/c1-14-6(12)2-5(11)9-7-4(10)3-15-8(7)13/h4,7,10H,2-3H2,1H3,(H,9,11)/t4-,7-/m0/s1. The summed E-state index contributed by atoms with van der Waals surface area (Å²) in [7, 11) is 1.15. The summed E-state index contributed by atoms with van der Waals surface area (Å²) in [5.41, 5.74) is 0. The minimum atomic E-state index is -1.10. The number of esters is 2. The van der Waals surface area contributed by atoms with Crippen LogP contribution in [0.5, 0.6) is 0 Å². The molecule has 0 bridgehead atoms. The van der Waals surface area contributed by atoms with Crippen LogP contribution in [-0.4, -0.2) is 48.8 Å². The van der Waals surface area contributed by atoms with E-state index >= 15 is 0 Å². The highest BCUT2D eigenvalue weighted by Crippen LogP contribution is 2.07. The summed E-state index contributed by atoms with van der Waals surface area (Å²) < 4.78 is 8.75. The number of cyclic esters (lactones) is 1. The zero-order valence-corrected chi connectivity index (χ0v) is 8.06. The first-order valence-electron chi connectivity index (χ1n) is 4.25. The van der Waals surface area contributed by atoms with Crippen molar-refractivity contribution < 1.29 is 29.0 Å². The van der Waals surface area contributed by atoms with Gasteiger partial charge in [0, 0.05) is 0 Å². The topological polar surface area (TPSA) is 102 Å². The van der Waals surface area contributed by atoms with Gasteiger partial charge in [-0.1, -0.05) is 0 Å². The second-order valence-electron chi connectivity index (χ2n) is 3.00. The molecule has 0 saturated carbocycles. The number of nitrogens with one attached hydrogen (secondary N) is 1. The van der Waals surface area contributed by atoms with Crippen LogP contribution in [-0.2, 0) is 23.9 Å². The molecule has 0 aromatic heterocycles. The smallest absolute Gasteiger partial charge is 0.331 e. The van der Waals surface area contributed by atoms with E-state index in [1.807, 2.05) is 0 Å². The third kappa shape index (κ3) is 2.91. The van der Waals surface area contributed by atoms with Crippen LogP contribution in [0.1, 0.15) is 6.42 Å². The fraction of sp³-hybridized carbons (Fsp3) is 0.625. The van der Waals surface area contributed by atoms with Gasteiger partial charge in [-0.05, 0) is 0 Å². The number of aliphatic hydroxyl groups is 1. The van der Waals surface area contributed by atoms with E-state index in [9.17, 15) is 19.5 Å². The molecule has 0 unspecified atom stereocenters. The fourth-order valence-corrected chi connectivity index (χ4v) is 1.09. The molecule has 2 atom stereocenters. The Morgan fingerprint density at radius 1 is 1.67 bits per heavy atom. The maximum absolute atomic E-state index is 11.1. The molecule has 1 amide bonds. The fourth-order valence-electron chi connectivity index (χ4n) is 1.09. The van der Waals surface area contributed by atoms with Crippen LogP contribution < -0.4 is 5.32 Å². The third-order valence-corrected chi connectivity index (χ3v) is 1.88. The first-order chi connectivity index (χ1) is 7.04. The van der Waals surface area contributed by atoms with E-state index in [2.05, 4.69) is 14.8 Å². The molecule has 1 rings (SSSR count). The second kappa shape index (κ2) is 4.74. The van der Waals surface area contributed by atoms with Crippen molar-refractivity contribution in [3.63, 3.8) is 0 Å². The number of hydrogen-bond donors (Lipinski definition) is 2. The van der Waals surface area contributed by atoms with Crippen LogP contribution in [0.25, 0.3) is 0 Å². The van der Waals surface area contributed by atoms with Crippen molar-refractivity contribution in [1.29, 1.82) is 0 Å². The molecule has 0 radical (unpaired) electrons. The Hall–Kier alpha value is -1.63. The number of hydrogen-bond acceptors (Lipinski definition) is 6. The van der Waals surface area contributed by atoms with Crippen LogP contribution in [0.15, 0.2) is 0 Å². The van der Waals surface area contributed by atoms with E-state index in [-0.39, 0.29) is 6.61 Å². The molecule has 0 aliphatic carbocycles. The lowest BCUT2D eigenvalue weighted by molar-refractivity contribution is -0.146. The van der Waals surface area contributed by atoms with Crippen LogP contribution >= 0.6 is 0 Å². The molecule has 2 N–H and O–H groups in total. The molecule has 1 aliphatic rings. The zero-order valence-electron chi connectivity index (χ0n) is 8.06. The Morgan fingerprint density at radius 2 is 2.33 bits per heavy atom. The number of aliphatic hydroxyl groups excluding tert-OH is 1. The van der Waals surface area contributed by atoms with Crippen molar-refractivity contribution in [2.45, 2.75) is 18.6 Å². The maximum atomic E-state index is 11.1. The highest BCUT2D eigenvalue weighted by Gasteiger charge is 2.36. The van der Waals surface area contributed by atoms with Crippen LogP contribution in [0.4, 0.5) is 0 Å². The first-order valence-corrected chi connectivity index (χ1v) is 4.25. The lowest BCUT2D eigenvalue weighted by atomic mass is 10.2. The summed E-state index contributed by atoms with van der Waals surface area (Å²) in [6.07, 6.45) is -1.56. The van der Waals surface area contributed by atoms with Crippen molar-refractivity contribution in [3.8, 4) is 0 Å². The number of carbonyl (C=O) groups excluding carboxylic acids is 3. The lowest BCUT2D eigenvalue weighted by Crippen LogP contribution is -2.45. The minimum absolute atomic E-state index is 0.151. The van der Waals surface area contributed by atoms with E-state index in [4.69, 9.17) is 0 Å². The molecule has 1 saturated heterocycles. The molecule has 1 aliphatic heterocycles. The van der Waals surface area contributed by atoms with E-state index in [0.29, 0.717) is 0 Å². The van der Waals surface area contributed by atoms with Crippen molar-refractivity contribution in [2.75, 3.05) is 13.7 Å². The molecular formula is C8H11NO6. The monoisotopic (exact) mass is 217 g/mol. The zero-order chi connectivity index (χ0) is 11.4. The Morgan fingerprint density at radius 3 is 2.80 bits per heavy atom. The van der Waals surface area contributed by atoms with Crippen molar-refractivity contribution in [3.05, 3.63) is 0 Å². The average molecular weight is 217 g/mol. The van der Waals surface area contributed by atoms with Gasteiger partial charge in [0.1, 0.15) is 19.1 Å². The van der Waals surface area contributed by atoms with Gasteiger partial charge in [-0.15, -0.1) is 0 Å². The van der Waals surface area contributed by atoms with Crippen LogP contribution in [0, 0.1) is 0 Å². The van der Waals surface area contributed by atoms with Gasteiger partial charge in [-0.2, -0.15) is 0 Å². The Balaban J connectivity index is 2.43. The van der Waals surface area contributed by atoms with Crippen molar-refractivity contribution in [2.24, 2.45) is 0 Å². The molecule has 0 aromatic carbocycles. The summed E-state index contributed by atoms with van der Waals surface area (Å²) >= 11 is 0. The van der Waals surface area contributed by atoms with E-state index in [1.165, 1.54) is 0 Å². The van der Waals surface area contributed by atoms with Gasteiger partial charge >= 0.3 is 11.9 Å². The molecule has 0 spiro atoms. The van der Waals surface area contributed by atoms with Crippen LogP contribution in [0.2, 0.25) is 0 Å². The molecule has 7 heteroatoms. The molecule has 1 heterocycles. The predicted molar refractivity (Wildman–Crippen MR) is 45.5 cm³/mol. The maximum Gasteiger partial charge on any atom is 0.331 e. The average Bonchev–Trinajstić information content (AvgIpc) is 2.49. The number of rotatable bonds is 3. The summed E-state index contributed by atoms with van der Waals surface area (Å²) in [4.78, 5) is 32.8. The molecule has 0 aromatic rings. The number of carbonyl (C=O) groups is 3. The van der Waals surface area contributed by atoms with E-state index < -0.39 is 36.4 Å². The van der Waals surface area contributed by atoms with Crippen LogP contribution in [0.3, 0.4) is 0 Å². The number of amides is 1. The van der Waals surface area contributed by atoms with Gasteiger partial charge in [-0.25, -0.2) is 4.79 Å². The summed E-state index contributed by atoms with van der Waals surface area (Å²) in [6.45, 7) is -0.151. The van der Waals surface area contributed by atoms with Gasteiger partial charge in [0.25, 0.3) is 0 Å². The van der Waals surface area contributed by atoms with Gasteiger partial charge in [0.05, 0.1) is 7.11 Å². The van der Waals surface area contributed by atoms with Crippen molar-refractivity contribution in [1.82, 2.24) is 5.32 Å². The Bertz CT molecular complexity index is 289. The van der Waals surface area contributed by atoms with Gasteiger partial charge in [0.2, 0.25) is 5.91 Å². The molecule has 15 heavy (non-hydrogen) atoms. The molecular weight excluding hydrogens is 206 g/mol. The highest BCUT2D eigenvalue weighted by molar-refractivity contribution is 5.96. The van der Waals surface area contributed by atoms with E-state index in [1.54, 1.807) is 0 Å². The van der Waals surface area contributed by atoms with E-state index in [0.717, 1.165) is 7.11 Å². The Kier molecular flexibility index (Phi) is 3.62. The summed E-state index contributed by atoms with van der Waals surface area (Å²) in [5.74, 6) is -2.11. The minimum Gasteiger partial charge on any atom is -0.469 e. The highest BCUT2D eigenvalue weighted by atomic mass is 16.6. The molecule has 7 nitrogen and oxygen atoms in total. The lowest BCUT2D eigenvalue weighted by Gasteiger charge is -2.11. The number of methoxy groups -OCH3 is 1. The number of ether oxygens (including phenoxy) is 2. The second-order valence-corrected chi connectivity index (χ2v) is 3.00. The Labute approximate surface area is 85.3 Å². The predicted octanol–water partition coefficient (Wildman–Crippen LogP) is -2.05. The first kappa shape index (κ1) is 11.4. The van der Waals surface area contributed by atoms with Gasteiger partial charge < -0.3 is 19.9 Å². The quantitative estimate of drug-likeness (QED) is 0.417. The SMILES string of the molecule is COC(=O)CC(=O)N[C@@H]1C(=O)OC[C@@H]1O.